The van der Waals surface area contributed by atoms with Gasteiger partial charge in [0.2, 0.25) is 17.7 Å². The van der Waals surface area contributed by atoms with E-state index >= 15 is 4.39 Å². The van der Waals surface area contributed by atoms with Crippen molar-refractivity contribution in [1.82, 2.24) is 25.4 Å². The Morgan fingerprint density at radius 1 is 1.02 bits per heavy atom. The van der Waals surface area contributed by atoms with Crippen molar-refractivity contribution in [3.63, 3.8) is 0 Å². The van der Waals surface area contributed by atoms with E-state index in [1.165, 1.54) is 12.1 Å². The number of carbonyl (C=O) groups excluding carboxylic acids is 4. The average molecular weight is 641 g/mol. The number of piperazine rings is 1. The highest BCUT2D eigenvalue weighted by Crippen LogP contribution is 2.36. The number of hydrogen-bond acceptors (Lipinski definition) is 8. The molecular formula is C34H49FN6O5. The van der Waals surface area contributed by atoms with Crippen LogP contribution in [-0.4, -0.2) is 82.9 Å². The first-order valence-electron chi connectivity index (χ1n) is 16.6. The fourth-order valence-corrected chi connectivity index (χ4v) is 6.46. The first-order valence-corrected chi connectivity index (χ1v) is 16.6. The highest BCUT2D eigenvalue weighted by Gasteiger charge is 2.36. The van der Waals surface area contributed by atoms with Crippen LogP contribution in [-0.2, 0) is 14.4 Å². The molecule has 252 valence electrons. The van der Waals surface area contributed by atoms with Crippen LogP contribution in [0.3, 0.4) is 0 Å². The van der Waals surface area contributed by atoms with E-state index < -0.39 is 29.6 Å². The molecule has 2 fully saturated rings. The normalized spacial score (nSPS) is 21.0. The zero-order valence-electron chi connectivity index (χ0n) is 28.0. The Balaban J connectivity index is 1.52. The van der Waals surface area contributed by atoms with Crippen molar-refractivity contribution in [3.05, 3.63) is 41.0 Å². The highest BCUT2D eigenvalue weighted by atomic mass is 19.1. The lowest BCUT2D eigenvalue weighted by atomic mass is 9.74. The number of ketones is 1. The number of likely N-dealkylation sites (N-methyl/N-ethyl adjacent to an activating group) is 1. The highest BCUT2D eigenvalue weighted by molar-refractivity contribution is 6.01. The van der Waals surface area contributed by atoms with Crippen LogP contribution in [0.5, 0.6) is 0 Å². The van der Waals surface area contributed by atoms with E-state index in [1.54, 1.807) is 24.8 Å². The molecule has 0 spiro atoms. The summed E-state index contributed by atoms with van der Waals surface area (Å²) in [5, 5.41) is 13.3. The molecular weight excluding hydrogens is 591 g/mol. The minimum absolute atomic E-state index is 0.00640. The molecule has 1 aliphatic carbocycles. The van der Waals surface area contributed by atoms with E-state index in [9.17, 15) is 19.2 Å². The molecule has 3 atom stereocenters. The number of hydrogen-bond donors (Lipinski definition) is 2. The largest absolute Gasteiger partial charge is 0.344 e. The maximum absolute atomic E-state index is 15.6. The van der Waals surface area contributed by atoms with Crippen LogP contribution in [0.1, 0.15) is 107 Å². The molecule has 1 saturated carbocycles. The van der Waals surface area contributed by atoms with Crippen molar-refractivity contribution in [3.8, 4) is 0 Å². The molecule has 2 N–H and O–H groups in total. The molecule has 0 bridgehead atoms. The zero-order chi connectivity index (χ0) is 33.5. The van der Waals surface area contributed by atoms with Crippen molar-refractivity contribution in [2.45, 2.75) is 91.0 Å². The summed E-state index contributed by atoms with van der Waals surface area (Å²) >= 11 is 0. The number of halogens is 1. The molecule has 2 aliphatic rings. The lowest BCUT2D eigenvalue weighted by Gasteiger charge is -2.36. The van der Waals surface area contributed by atoms with Crippen LogP contribution in [0.25, 0.3) is 0 Å². The average Bonchev–Trinajstić information content (AvgIpc) is 3.54. The van der Waals surface area contributed by atoms with E-state index in [0.717, 1.165) is 38.8 Å². The van der Waals surface area contributed by atoms with Gasteiger partial charge in [-0.3, -0.25) is 19.2 Å². The van der Waals surface area contributed by atoms with E-state index in [-0.39, 0.29) is 53.7 Å². The third-order valence-corrected chi connectivity index (χ3v) is 9.69. The number of carbonyl (C=O) groups is 4. The smallest absolute Gasteiger partial charge is 0.245 e. The number of rotatable bonds is 12. The summed E-state index contributed by atoms with van der Waals surface area (Å²) < 4.78 is 20.5. The van der Waals surface area contributed by atoms with Crippen LogP contribution in [0.4, 0.5) is 10.1 Å². The number of amides is 3. The molecule has 1 saturated heterocycles. The fraction of sp³-hybridized carbons (Fsp3) is 0.647. The minimum atomic E-state index is -0.860. The predicted octanol–water partition coefficient (Wildman–Crippen LogP) is 4.76. The Morgan fingerprint density at radius 2 is 1.70 bits per heavy atom. The van der Waals surface area contributed by atoms with Gasteiger partial charge in [-0.05, 0) is 54.6 Å². The monoisotopic (exact) mass is 640 g/mol. The molecule has 11 nitrogen and oxygen atoms in total. The van der Waals surface area contributed by atoms with Gasteiger partial charge in [0.1, 0.15) is 17.6 Å². The first kappa shape index (κ1) is 35.2. The maximum atomic E-state index is 15.6. The summed E-state index contributed by atoms with van der Waals surface area (Å²) in [5.74, 6) is -2.62. The Bertz CT molecular complexity index is 1380. The number of anilines is 1. The third-order valence-electron chi connectivity index (χ3n) is 9.69. The molecule has 1 aromatic carbocycles. The Labute approximate surface area is 271 Å². The molecule has 3 amide bonds. The number of Topliss-reactive ketones (excluding diaryl/α,β-unsaturated/α-hetero) is 1. The third kappa shape index (κ3) is 8.57. The first-order chi connectivity index (χ1) is 21.9. The minimum Gasteiger partial charge on any atom is -0.344 e. The van der Waals surface area contributed by atoms with Crippen molar-refractivity contribution >= 4 is 29.2 Å². The molecule has 12 heteroatoms. The quantitative estimate of drug-likeness (QED) is 0.317. The molecule has 46 heavy (non-hydrogen) atoms. The summed E-state index contributed by atoms with van der Waals surface area (Å²) in [5.41, 5.74) is 1.11. The van der Waals surface area contributed by atoms with Gasteiger partial charge in [0.25, 0.3) is 0 Å². The number of aromatic nitrogens is 2. The van der Waals surface area contributed by atoms with E-state index in [0.29, 0.717) is 30.3 Å². The Morgan fingerprint density at radius 3 is 2.30 bits per heavy atom. The second-order valence-corrected chi connectivity index (χ2v) is 13.5. The summed E-state index contributed by atoms with van der Waals surface area (Å²) in [4.78, 5) is 56.9. The summed E-state index contributed by atoms with van der Waals surface area (Å²) in [6, 6.07) is 3.60. The molecule has 1 aromatic heterocycles. The molecule has 4 rings (SSSR count). The summed E-state index contributed by atoms with van der Waals surface area (Å²) in [7, 11) is 2.00. The van der Waals surface area contributed by atoms with Gasteiger partial charge in [-0.15, -0.1) is 0 Å². The molecule has 0 radical (unpaired) electrons. The SMILES string of the molecule is CCC(=O)N[C@@H](C(=O)N1CCN(C)CC1)[C@@H](C)c1ccc(NC(=O)[C@@H](CC(=O)c2nonc2C(C)C)C2CCC(C)CC2)c(F)c1. The van der Waals surface area contributed by atoms with E-state index in [4.69, 9.17) is 4.63 Å². The second kappa shape index (κ2) is 15.8. The maximum Gasteiger partial charge on any atom is 0.245 e. The van der Waals surface area contributed by atoms with Gasteiger partial charge in [-0.25, -0.2) is 9.02 Å². The van der Waals surface area contributed by atoms with Gasteiger partial charge in [0.05, 0.1) is 5.69 Å². The van der Waals surface area contributed by atoms with Crippen molar-refractivity contribution < 1.29 is 28.2 Å². The second-order valence-electron chi connectivity index (χ2n) is 13.5. The summed E-state index contributed by atoms with van der Waals surface area (Å²) in [6.45, 7) is 12.0. The van der Waals surface area contributed by atoms with Crippen molar-refractivity contribution in [2.75, 3.05) is 38.5 Å². The zero-order valence-corrected chi connectivity index (χ0v) is 28.0. The van der Waals surface area contributed by atoms with Crippen molar-refractivity contribution in [2.24, 2.45) is 17.8 Å². The van der Waals surface area contributed by atoms with Gasteiger partial charge in [-0.2, -0.15) is 0 Å². The van der Waals surface area contributed by atoms with Crippen LogP contribution in [0.2, 0.25) is 0 Å². The lowest BCUT2D eigenvalue weighted by molar-refractivity contribution is -0.138. The summed E-state index contributed by atoms with van der Waals surface area (Å²) in [6.07, 6.45) is 3.64. The van der Waals surface area contributed by atoms with Crippen molar-refractivity contribution in [1.29, 1.82) is 0 Å². The molecule has 2 aromatic rings. The van der Waals surface area contributed by atoms with Crippen LogP contribution >= 0.6 is 0 Å². The Hall–Kier alpha value is -3.67. The van der Waals surface area contributed by atoms with Crippen LogP contribution < -0.4 is 10.6 Å². The van der Waals surface area contributed by atoms with Crippen LogP contribution in [0, 0.1) is 23.6 Å². The number of benzene rings is 1. The molecule has 2 heterocycles. The van der Waals surface area contributed by atoms with Crippen LogP contribution in [0.15, 0.2) is 22.8 Å². The number of nitrogens with zero attached hydrogens (tertiary/aromatic N) is 4. The standard InChI is InChI=1S/C34H49FN6O5/c1-7-29(43)37-31(34(45)41-16-14-40(6)15-17-41)22(5)24-12-13-27(26(35)18-24)36-33(44)25(23-10-8-21(4)9-11-23)19-28(42)32-30(20(2)3)38-46-39-32/h12-13,18,20-23,25,31H,7-11,14-17,19H2,1-6H3,(H,36,44)(H,37,43)/t21?,22-,23?,25-,31+/m0/s1. The number of nitrogens with one attached hydrogen (secondary N) is 2. The van der Waals surface area contributed by atoms with E-state index in [1.807, 2.05) is 20.9 Å². The Kier molecular flexibility index (Phi) is 12.0. The lowest BCUT2D eigenvalue weighted by Crippen LogP contribution is -2.55. The van der Waals surface area contributed by atoms with E-state index in [2.05, 4.69) is 32.8 Å². The topological polar surface area (TPSA) is 138 Å². The van der Waals surface area contributed by atoms with Gasteiger partial charge < -0.3 is 20.4 Å². The van der Waals surface area contributed by atoms with Gasteiger partial charge in [0, 0.05) is 56.8 Å². The van der Waals surface area contributed by atoms with Gasteiger partial charge >= 0.3 is 0 Å². The van der Waals surface area contributed by atoms with Gasteiger partial charge in [-0.1, -0.05) is 58.7 Å². The predicted molar refractivity (Wildman–Crippen MR) is 172 cm³/mol. The molecule has 0 unspecified atom stereocenters. The fourth-order valence-electron chi connectivity index (χ4n) is 6.46. The molecule has 1 aliphatic heterocycles. The van der Waals surface area contributed by atoms with Gasteiger partial charge in [0.15, 0.2) is 11.5 Å².